The van der Waals surface area contributed by atoms with Crippen molar-refractivity contribution in [2.24, 2.45) is 0 Å². The van der Waals surface area contributed by atoms with Gasteiger partial charge in [0.1, 0.15) is 0 Å². The van der Waals surface area contributed by atoms with Gasteiger partial charge in [0, 0.05) is 26.2 Å². The SMILES string of the molecule is CCCSCC(=O)N1CCNCC1. The van der Waals surface area contributed by atoms with E-state index in [0.29, 0.717) is 11.7 Å². The molecule has 1 aliphatic heterocycles. The predicted octanol–water partition coefficient (Wildman–Crippen LogP) is 0.561. The van der Waals surface area contributed by atoms with E-state index in [1.54, 1.807) is 11.8 Å². The Kier molecular flexibility index (Phi) is 5.23. The fourth-order valence-corrected chi connectivity index (χ4v) is 2.10. The molecule has 0 aromatic carbocycles. The monoisotopic (exact) mass is 202 g/mol. The molecule has 1 heterocycles. The Hall–Kier alpha value is -0.220. The van der Waals surface area contributed by atoms with Gasteiger partial charge >= 0.3 is 0 Å². The molecule has 1 amide bonds. The van der Waals surface area contributed by atoms with Gasteiger partial charge in [0.2, 0.25) is 5.91 Å². The molecule has 1 rings (SSSR count). The number of amides is 1. The van der Waals surface area contributed by atoms with Crippen molar-refractivity contribution >= 4 is 17.7 Å². The fraction of sp³-hybridized carbons (Fsp3) is 0.889. The molecule has 0 unspecified atom stereocenters. The van der Waals surface area contributed by atoms with Crippen molar-refractivity contribution in [2.45, 2.75) is 13.3 Å². The summed E-state index contributed by atoms with van der Waals surface area (Å²) in [6, 6.07) is 0. The molecule has 0 spiro atoms. The van der Waals surface area contributed by atoms with Crippen molar-refractivity contribution in [1.29, 1.82) is 0 Å². The third-order valence-electron chi connectivity index (χ3n) is 2.04. The summed E-state index contributed by atoms with van der Waals surface area (Å²) in [6.45, 7) is 5.80. The molecule has 0 aliphatic carbocycles. The number of nitrogens with zero attached hydrogens (tertiary/aromatic N) is 1. The van der Waals surface area contributed by atoms with Crippen LogP contribution < -0.4 is 5.32 Å². The van der Waals surface area contributed by atoms with Gasteiger partial charge in [0.15, 0.2) is 0 Å². The van der Waals surface area contributed by atoms with E-state index >= 15 is 0 Å². The summed E-state index contributed by atoms with van der Waals surface area (Å²) in [4.78, 5) is 13.5. The molecule has 3 nitrogen and oxygen atoms in total. The Morgan fingerprint density at radius 1 is 1.46 bits per heavy atom. The number of carbonyl (C=O) groups excluding carboxylic acids is 1. The second kappa shape index (κ2) is 6.27. The number of hydrogen-bond acceptors (Lipinski definition) is 3. The van der Waals surface area contributed by atoms with Crippen LogP contribution in [0.1, 0.15) is 13.3 Å². The molecule has 0 atom stereocenters. The highest BCUT2D eigenvalue weighted by Crippen LogP contribution is 2.04. The van der Waals surface area contributed by atoms with E-state index in [2.05, 4.69) is 12.2 Å². The summed E-state index contributed by atoms with van der Waals surface area (Å²) in [5.74, 6) is 2.06. The number of hydrogen-bond donors (Lipinski definition) is 1. The van der Waals surface area contributed by atoms with E-state index in [4.69, 9.17) is 0 Å². The fourth-order valence-electron chi connectivity index (χ4n) is 1.31. The molecule has 13 heavy (non-hydrogen) atoms. The first-order valence-corrected chi connectivity index (χ1v) is 6.06. The van der Waals surface area contributed by atoms with E-state index in [1.807, 2.05) is 4.90 Å². The van der Waals surface area contributed by atoms with Crippen LogP contribution in [0.4, 0.5) is 0 Å². The number of nitrogens with one attached hydrogen (secondary N) is 1. The smallest absolute Gasteiger partial charge is 0.232 e. The number of thioether (sulfide) groups is 1. The van der Waals surface area contributed by atoms with Crippen molar-refractivity contribution < 1.29 is 4.79 Å². The molecular formula is C9H18N2OS. The van der Waals surface area contributed by atoms with Gasteiger partial charge in [-0.2, -0.15) is 11.8 Å². The number of rotatable bonds is 4. The highest BCUT2D eigenvalue weighted by Gasteiger charge is 2.15. The van der Waals surface area contributed by atoms with Crippen LogP contribution in [0.5, 0.6) is 0 Å². The quantitative estimate of drug-likeness (QED) is 0.676. The van der Waals surface area contributed by atoms with Gasteiger partial charge in [0.05, 0.1) is 5.75 Å². The first-order chi connectivity index (χ1) is 6.34. The zero-order valence-electron chi connectivity index (χ0n) is 8.21. The Morgan fingerprint density at radius 3 is 2.77 bits per heavy atom. The maximum absolute atomic E-state index is 11.6. The van der Waals surface area contributed by atoms with Crippen LogP contribution in [0.25, 0.3) is 0 Å². The normalized spacial score (nSPS) is 17.5. The van der Waals surface area contributed by atoms with E-state index in [9.17, 15) is 4.79 Å². The molecule has 1 aliphatic rings. The summed E-state index contributed by atoms with van der Waals surface area (Å²) in [5, 5.41) is 3.24. The summed E-state index contributed by atoms with van der Waals surface area (Å²) >= 11 is 1.74. The minimum atomic E-state index is 0.306. The van der Waals surface area contributed by atoms with Crippen LogP contribution in [0.3, 0.4) is 0 Å². The highest BCUT2D eigenvalue weighted by molar-refractivity contribution is 7.99. The lowest BCUT2D eigenvalue weighted by Gasteiger charge is -2.27. The van der Waals surface area contributed by atoms with Gasteiger partial charge < -0.3 is 10.2 Å². The zero-order chi connectivity index (χ0) is 9.52. The zero-order valence-corrected chi connectivity index (χ0v) is 9.03. The van der Waals surface area contributed by atoms with Gasteiger partial charge in [-0.3, -0.25) is 4.79 Å². The Morgan fingerprint density at radius 2 is 2.15 bits per heavy atom. The lowest BCUT2D eigenvalue weighted by Crippen LogP contribution is -2.47. The van der Waals surface area contributed by atoms with Crippen LogP contribution in [0.15, 0.2) is 0 Å². The third-order valence-corrected chi connectivity index (χ3v) is 3.19. The van der Waals surface area contributed by atoms with E-state index < -0.39 is 0 Å². The van der Waals surface area contributed by atoms with Gasteiger partial charge in [-0.05, 0) is 12.2 Å². The van der Waals surface area contributed by atoms with E-state index in [1.165, 1.54) is 0 Å². The lowest BCUT2D eigenvalue weighted by molar-refractivity contribution is -0.128. The summed E-state index contributed by atoms with van der Waals surface area (Å²) in [7, 11) is 0. The van der Waals surface area contributed by atoms with Gasteiger partial charge in [0.25, 0.3) is 0 Å². The van der Waals surface area contributed by atoms with Crippen molar-refractivity contribution in [1.82, 2.24) is 10.2 Å². The molecule has 1 N–H and O–H groups in total. The Labute approximate surface area is 84.2 Å². The number of carbonyl (C=O) groups is 1. The first-order valence-electron chi connectivity index (χ1n) is 4.91. The second-order valence-corrected chi connectivity index (χ2v) is 4.29. The molecule has 0 aromatic heterocycles. The van der Waals surface area contributed by atoms with Crippen LogP contribution in [0.2, 0.25) is 0 Å². The molecular weight excluding hydrogens is 184 g/mol. The summed E-state index contributed by atoms with van der Waals surface area (Å²) in [6.07, 6.45) is 1.15. The predicted molar refractivity (Wildman–Crippen MR) is 57.1 cm³/mol. The molecule has 1 fully saturated rings. The highest BCUT2D eigenvalue weighted by atomic mass is 32.2. The van der Waals surface area contributed by atoms with Crippen LogP contribution >= 0.6 is 11.8 Å². The number of piperazine rings is 1. The Bertz CT molecular complexity index is 158. The topological polar surface area (TPSA) is 32.3 Å². The first kappa shape index (κ1) is 10.9. The minimum absolute atomic E-state index is 0.306. The third kappa shape index (κ3) is 4.00. The molecule has 0 radical (unpaired) electrons. The van der Waals surface area contributed by atoms with Crippen LogP contribution in [0, 0.1) is 0 Å². The van der Waals surface area contributed by atoms with Gasteiger partial charge in [-0.1, -0.05) is 6.92 Å². The second-order valence-electron chi connectivity index (χ2n) is 3.18. The standard InChI is InChI=1S/C9H18N2OS/c1-2-7-13-8-9(12)11-5-3-10-4-6-11/h10H,2-8H2,1H3. The maximum atomic E-state index is 11.6. The maximum Gasteiger partial charge on any atom is 0.232 e. The van der Waals surface area contributed by atoms with Crippen molar-refractivity contribution in [3.05, 3.63) is 0 Å². The Balaban J connectivity index is 2.13. The van der Waals surface area contributed by atoms with Crippen LogP contribution in [-0.4, -0.2) is 48.5 Å². The molecule has 4 heteroatoms. The molecule has 0 aromatic rings. The lowest BCUT2D eigenvalue weighted by atomic mass is 10.3. The van der Waals surface area contributed by atoms with Crippen molar-refractivity contribution in [3.63, 3.8) is 0 Å². The summed E-state index contributed by atoms with van der Waals surface area (Å²) in [5.41, 5.74) is 0. The molecule has 0 saturated carbocycles. The minimum Gasteiger partial charge on any atom is -0.339 e. The largest absolute Gasteiger partial charge is 0.339 e. The average Bonchev–Trinajstić information content (AvgIpc) is 2.19. The van der Waals surface area contributed by atoms with Gasteiger partial charge in [-0.15, -0.1) is 0 Å². The summed E-state index contributed by atoms with van der Waals surface area (Å²) < 4.78 is 0. The molecule has 0 bridgehead atoms. The van der Waals surface area contributed by atoms with Crippen molar-refractivity contribution in [2.75, 3.05) is 37.7 Å². The van der Waals surface area contributed by atoms with Crippen LogP contribution in [-0.2, 0) is 4.79 Å². The van der Waals surface area contributed by atoms with E-state index in [0.717, 1.165) is 38.4 Å². The van der Waals surface area contributed by atoms with E-state index in [-0.39, 0.29) is 0 Å². The molecule has 76 valence electrons. The average molecular weight is 202 g/mol. The molecule has 1 saturated heterocycles. The van der Waals surface area contributed by atoms with Crippen molar-refractivity contribution in [3.8, 4) is 0 Å². The van der Waals surface area contributed by atoms with Gasteiger partial charge in [-0.25, -0.2) is 0 Å².